The van der Waals surface area contributed by atoms with Gasteiger partial charge in [0.05, 0.1) is 9.82 Å². The fourth-order valence-corrected chi connectivity index (χ4v) is 3.41. The number of nitro groups is 1. The van der Waals surface area contributed by atoms with Gasteiger partial charge in [0, 0.05) is 23.1 Å². The minimum atomic E-state index is -3.59. The van der Waals surface area contributed by atoms with Crippen LogP contribution in [0, 0.1) is 10.1 Å². The molecule has 0 radical (unpaired) electrons. The first-order chi connectivity index (χ1) is 12.3. The number of para-hydroxylation sites is 1. The summed E-state index contributed by atoms with van der Waals surface area (Å²) in [6.07, 6.45) is 1.05. The van der Waals surface area contributed by atoms with Crippen molar-refractivity contribution in [1.82, 2.24) is 0 Å². The number of hydrogen-bond donors (Lipinski definition) is 1. The number of phenols is 1. The molecule has 132 valence electrons. The van der Waals surface area contributed by atoms with Crippen molar-refractivity contribution < 1.29 is 18.4 Å². The van der Waals surface area contributed by atoms with Crippen LogP contribution in [0.5, 0.6) is 5.75 Å². The Kier molecular flexibility index (Phi) is 4.39. The minimum Gasteiger partial charge on any atom is -0.505 e. The Morgan fingerprint density at radius 2 is 1.54 bits per heavy atom. The van der Waals surface area contributed by atoms with Gasteiger partial charge in [-0.2, -0.15) is 0 Å². The zero-order valence-electron chi connectivity index (χ0n) is 13.5. The van der Waals surface area contributed by atoms with Gasteiger partial charge in [-0.3, -0.25) is 10.1 Å². The number of azo groups is 1. The average Bonchev–Trinajstić information content (AvgIpc) is 2.60. The molecule has 0 aliphatic rings. The molecule has 0 fully saturated rings. The molecule has 0 bridgehead atoms. The molecule has 0 heterocycles. The summed E-state index contributed by atoms with van der Waals surface area (Å²) in [6, 6.07) is 13.4. The first-order valence-electron chi connectivity index (χ1n) is 7.39. The number of fused-ring (bicyclic) bond motifs is 1. The van der Waals surface area contributed by atoms with Gasteiger partial charge in [-0.15, -0.1) is 10.2 Å². The molecule has 1 N–H and O–H groups in total. The number of sulfone groups is 1. The van der Waals surface area contributed by atoms with E-state index in [9.17, 15) is 23.6 Å². The fraction of sp³-hybridized carbons (Fsp3) is 0.0588. The van der Waals surface area contributed by atoms with Gasteiger partial charge in [0.15, 0.2) is 21.3 Å². The van der Waals surface area contributed by atoms with Crippen LogP contribution in [0.25, 0.3) is 10.8 Å². The molecule has 3 rings (SSSR count). The van der Waals surface area contributed by atoms with E-state index >= 15 is 0 Å². The van der Waals surface area contributed by atoms with E-state index in [0.29, 0.717) is 10.8 Å². The number of phenolic OH excluding ortho intramolecular Hbond substituents is 1. The zero-order valence-corrected chi connectivity index (χ0v) is 14.3. The maximum atomic E-state index is 12.1. The second-order valence-electron chi connectivity index (χ2n) is 5.51. The van der Waals surface area contributed by atoms with E-state index in [4.69, 9.17) is 0 Å². The lowest BCUT2D eigenvalue weighted by Gasteiger charge is -2.09. The number of aromatic hydroxyl groups is 1. The summed E-state index contributed by atoms with van der Waals surface area (Å²) < 4.78 is 24.2. The molecular weight excluding hydrogens is 358 g/mol. The summed E-state index contributed by atoms with van der Waals surface area (Å²) in [6.45, 7) is 0. The van der Waals surface area contributed by atoms with Crippen LogP contribution >= 0.6 is 0 Å². The maximum Gasteiger partial charge on any atom is 0.296 e. The van der Waals surface area contributed by atoms with E-state index in [0.717, 1.165) is 6.26 Å². The Balaban J connectivity index is 2.21. The van der Waals surface area contributed by atoms with Crippen LogP contribution in [-0.4, -0.2) is 24.7 Å². The summed E-state index contributed by atoms with van der Waals surface area (Å²) in [5.74, 6) is -0.254. The average molecular weight is 371 g/mol. The Morgan fingerprint density at radius 3 is 2.19 bits per heavy atom. The molecule has 3 aromatic rings. The summed E-state index contributed by atoms with van der Waals surface area (Å²) in [5, 5.41) is 29.8. The summed E-state index contributed by atoms with van der Waals surface area (Å²) in [5.41, 5.74) is -0.354. The van der Waals surface area contributed by atoms with Crippen LogP contribution in [0.2, 0.25) is 0 Å². The van der Waals surface area contributed by atoms with Crippen LogP contribution < -0.4 is 0 Å². The largest absolute Gasteiger partial charge is 0.505 e. The Hall–Kier alpha value is -3.33. The predicted molar refractivity (Wildman–Crippen MR) is 96.0 cm³/mol. The third kappa shape index (κ3) is 3.24. The van der Waals surface area contributed by atoms with Gasteiger partial charge in [0.2, 0.25) is 0 Å². The Bertz CT molecular complexity index is 1160. The van der Waals surface area contributed by atoms with Gasteiger partial charge in [-0.05, 0) is 12.1 Å². The predicted octanol–water partition coefficient (Wildman–Crippen LogP) is 4.27. The van der Waals surface area contributed by atoms with Gasteiger partial charge < -0.3 is 5.11 Å². The van der Waals surface area contributed by atoms with Crippen molar-refractivity contribution in [3.05, 3.63) is 64.7 Å². The smallest absolute Gasteiger partial charge is 0.296 e. The van der Waals surface area contributed by atoms with Crippen LogP contribution in [0.3, 0.4) is 0 Å². The molecule has 3 aromatic carbocycles. The highest BCUT2D eigenvalue weighted by atomic mass is 32.2. The van der Waals surface area contributed by atoms with Crippen LogP contribution in [0.1, 0.15) is 0 Å². The normalized spacial score (nSPS) is 11.9. The first kappa shape index (κ1) is 17.5. The third-order valence-electron chi connectivity index (χ3n) is 3.70. The van der Waals surface area contributed by atoms with Gasteiger partial charge in [0.25, 0.3) is 5.69 Å². The second-order valence-corrected chi connectivity index (χ2v) is 7.49. The monoisotopic (exact) mass is 371 g/mol. The van der Waals surface area contributed by atoms with Crippen molar-refractivity contribution in [2.75, 3.05) is 6.26 Å². The molecular formula is C17H13N3O5S. The number of rotatable bonds is 4. The van der Waals surface area contributed by atoms with Crippen molar-refractivity contribution in [3.8, 4) is 5.75 Å². The molecule has 0 aliphatic carbocycles. The second kappa shape index (κ2) is 6.52. The maximum absolute atomic E-state index is 12.1. The molecule has 26 heavy (non-hydrogen) atoms. The van der Waals surface area contributed by atoms with Crippen LogP contribution in [0.4, 0.5) is 17.1 Å². The van der Waals surface area contributed by atoms with E-state index in [1.54, 1.807) is 30.3 Å². The number of nitrogens with zero attached hydrogens (tertiary/aromatic N) is 3. The van der Waals surface area contributed by atoms with Crippen LogP contribution in [0.15, 0.2) is 69.7 Å². The minimum absolute atomic E-state index is 0.00837. The van der Waals surface area contributed by atoms with E-state index in [2.05, 4.69) is 10.2 Å². The molecule has 0 aliphatic heterocycles. The Labute approximate surface area is 148 Å². The molecule has 0 atom stereocenters. The van der Waals surface area contributed by atoms with Crippen LogP contribution in [-0.2, 0) is 9.84 Å². The van der Waals surface area contributed by atoms with Gasteiger partial charge in [0.1, 0.15) is 5.69 Å². The number of benzene rings is 3. The highest BCUT2D eigenvalue weighted by Crippen LogP contribution is 2.40. The van der Waals surface area contributed by atoms with Gasteiger partial charge in [-0.1, -0.05) is 36.4 Å². The topological polar surface area (TPSA) is 122 Å². The molecule has 9 heteroatoms. The number of nitro benzene ring substituents is 1. The molecule has 0 unspecified atom stereocenters. The third-order valence-corrected chi connectivity index (χ3v) is 4.84. The molecule has 8 nitrogen and oxygen atoms in total. The lowest BCUT2D eigenvalue weighted by atomic mass is 10.1. The van der Waals surface area contributed by atoms with Crippen molar-refractivity contribution >= 4 is 37.7 Å². The van der Waals surface area contributed by atoms with Crippen molar-refractivity contribution in [1.29, 1.82) is 0 Å². The quantitative estimate of drug-likeness (QED) is 0.417. The van der Waals surface area contributed by atoms with E-state index in [1.165, 1.54) is 24.3 Å². The van der Waals surface area contributed by atoms with E-state index in [1.807, 2.05) is 0 Å². The molecule has 0 aromatic heterocycles. The molecule has 0 spiro atoms. The lowest BCUT2D eigenvalue weighted by Crippen LogP contribution is -1.98. The summed E-state index contributed by atoms with van der Waals surface area (Å²) in [4.78, 5) is 10.4. The van der Waals surface area contributed by atoms with Crippen molar-refractivity contribution in [3.63, 3.8) is 0 Å². The Morgan fingerprint density at radius 1 is 0.962 bits per heavy atom. The fourth-order valence-electron chi connectivity index (χ4n) is 2.51. The van der Waals surface area contributed by atoms with Crippen molar-refractivity contribution in [2.24, 2.45) is 10.2 Å². The van der Waals surface area contributed by atoms with Gasteiger partial charge in [-0.25, -0.2) is 8.42 Å². The SMILES string of the molecule is CS(=O)(=O)c1cc(N=Nc2ccccc2[N+](=O)[O-])c(O)c2ccccc12. The summed E-state index contributed by atoms with van der Waals surface area (Å²) in [7, 11) is -3.59. The van der Waals surface area contributed by atoms with Crippen molar-refractivity contribution in [2.45, 2.75) is 4.90 Å². The van der Waals surface area contributed by atoms with Gasteiger partial charge >= 0.3 is 0 Å². The highest BCUT2D eigenvalue weighted by molar-refractivity contribution is 7.91. The standard InChI is InChI=1S/C17H13N3O5S/c1-26(24,25)16-10-14(17(21)12-7-3-2-6-11(12)16)19-18-13-8-4-5-9-15(13)20(22)23/h2-10,21H,1H3. The summed E-state index contributed by atoms with van der Waals surface area (Å²) >= 11 is 0. The first-order valence-corrected chi connectivity index (χ1v) is 9.28. The lowest BCUT2D eigenvalue weighted by molar-refractivity contribution is -0.384. The van der Waals surface area contributed by atoms with E-state index in [-0.39, 0.29) is 27.7 Å². The molecule has 0 saturated carbocycles. The zero-order chi connectivity index (χ0) is 18.9. The number of hydrogen-bond acceptors (Lipinski definition) is 7. The van der Waals surface area contributed by atoms with E-state index < -0.39 is 14.8 Å². The highest BCUT2D eigenvalue weighted by Gasteiger charge is 2.18. The molecule has 0 amide bonds. The molecule has 0 saturated heterocycles.